The predicted molar refractivity (Wildman–Crippen MR) is 145 cm³/mol. The normalized spacial score (nSPS) is 18.6. The summed E-state index contributed by atoms with van der Waals surface area (Å²) in [6.45, 7) is 2.35. The summed E-state index contributed by atoms with van der Waals surface area (Å²) < 4.78 is 12.6. The van der Waals surface area contributed by atoms with Crippen molar-refractivity contribution < 1.29 is 14.3 Å². The Morgan fingerprint density at radius 3 is 2.25 bits per heavy atom. The van der Waals surface area contributed by atoms with Crippen molar-refractivity contribution >= 4 is 11.8 Å². The third kappa shape index (κ3) is 12.5. The smallest absolute Gasteiger partial charge is 0.351 e. The molecule has 36 heavy (non-hydrogen) atoms. The van der Waals surface area contributed by atoms with E-state index in [1.807, 2.05) is 0 Å². The van der Waals surface area contributed by atoms with E-state index in [1.165, 1.54) is 4.57 Å². The van der Waals surface area contributed by atoms with Crippen molar-refractivity contribution in [2.24, 2.45) is 0 Å². The molecular formula is C29H41N3O4. The molecule has 2 heterocycles. The summed E-state index contributed by atoms with van der Waals surface area (Å²) in [7, 11) is 0. The lowest BCUT2D eigenvalue weighted by molar-refractivity contribution is -0.148. The Bertz CT molecular complexity index is 975. The van der Waals surface area contributed by atoms with Crippen LogP contribution in [-0.2, 0) is 14.3 Å². The Kier molecular flexibility index (Phi) is 14.6. The van der Waals surface area contributed by atoms with E-state index in [4.69, 9.17) is 15.2 Å². The molecule has 0 amide bonds. The number of aromatic nitrogens is 2. The molecule has 0 aromatic carbocycles. The Morgan fingerprint density at radius 2 is 1.64 bits per heavy atom. The number of carbonyl (C=O) groups is 1. The first kappa shape index (κ1) is 29.0. The average molecular weight is 496 g/mol. The van der Waals surface area contributed by atoms with Crippen LogP contribution >= 0.6 is 0 Å². The zero-order valence-corrected chi connectivity index (χ0v) is 21.5. The summed E-state index contributed by atoms with van der Waals surface area (Å²) in [5.41, 5.74) is 5.08. The number of ether oxygens (including phenoxy) is 2. The van der Waals surface area contributed by atoms with Crippen LogP contribution in [0.2, 0.25) is 0 Å². The second-order valence-electron chi connectivity index (χ2n) is 8.62. The molecule has 2 atom stereocenters. The zero-order chi connectivity index (χ0) is 25.8. The van der Waals surface area contributed by atoms with E-state index in [2.05, 4.69) is 72.7 Å². The number of unbranched alkanes of at least 4 members (excludes halogenated alkanes) is 1. The maximum absolute atomic E-state index is 12.0. The van der Waals surface area contributed by atoms with Gasteiger partial charge in [-0.15, -0.1) is 0 Å². The molecule has 2 unspecified atom stereocenters. The van der Waals surface area contributed by atoms with Gasteiger partial charge in [0.05, 0.1) is 6.10 Å². The van der Waals surface area contributed by atoms with Crippen LogP contribution in [0.5, 0.6) is 0 Å². The largest absolute Gasteiger partial charge is 0.463 e. The van der Waals surface area contributed by atoms with E-state index in [0.29, 0.717) is 12.8 Å². The molecule has 196 valence electrons. The van der Waals surface area contributed by atoms with Crippen molar-refractivity contribution in [3.63, 3.8) is 0 Å². The monoisotopic (exact) mass is 495 g/mol. The minimum atomic E-state index is -0.437. The van der Waals surface area contributed by atoms with Gasteiger partial charge in [-0.3, -0.25) is 9.36 Å². The molecule has 1 aromatic heterocycles. The van der Waals surface area contributed by atoms with E-state index >= 15 is 0 Å². The Labute approximate surface area is 215 Å². The summed E-state index contributed by atoms with van der Waals surface area (Å²) in [4.78, 5) is 27.6. The van der Waals surface area contributed by atoms with E-state index in [-0.39, 0.29) is 24.5 Å². The number of esters is 1. The minimum absolute atomic E-state index is 0.185. The number of hydrogen-bond donors (Lipinski definition) is 1. The lowest BCUT2D eigenvalue weighted by Gasteiger charge is -2.15. The summed E-state index contributed by atoms with van der Waals surface area (Å²) >= 11 is 0. The fraction of sp³-hybridized carbons (Fsp3) is 0.483. The second-order valence-corrected chi connectivity index (χ2v) is 8.62. The Morgan fingerprint density at radius 1 is 1.03 bits per heavy atom. The molecule has 1 aromatic rings. The molecule has 7 heteroatoms. The van der Waals surface area contributed by atoms with E-state index < -0.39 is 11.9 Å². The van der Waals surface area contributed by atoms with Gasteiger partial charge >= 0.3 is 11.7 Å². The van der Waals surface area contributed by atoms with Crippen molar-refractivity contribution in [1.82, 2.24) is 9.55 Å². The van der Waals surface area contributed by atoms with E-state index in [1.54, 1.807) is 12.3 Å². The third-order valence-electron chi connectivity index (χ3n) is 5.59. The maximum Gasteiger partial charge on any atom is 0.351 e. The van der Waals surface area contributed by atoms with Crippen LogP contribution in [0, 0.1) is 0 Å². The number of rotatable bonds is 16. The van der Waals surface area contributed by atoms with Crippen LogP contribution in [0.4, 0.5) is 5.82 Å². The highest BCUT2D eigenvalue weighted by molar-refractivity contribution is 5.69. The molecule has 2 N–H and O–H groups in total. The molecule has 1 aliphatic heterocycles. The maximum atomic E-state index is 12.0. The fourth-order valence-electron chi connectivity index (χ4n) is 3.65. The number of hydrogen-bond acceptors (Lipinski definition) is 6. The molecule has 0 bridgehead atoms. The van der Waals surface area contributed by atoms with Gasteiger partial charge < -0.3 is 15.2 Å². The average Bonchev–Trinajstić information content (AvgIpc) is 3.33. The van der Waals surface area contributed by atoms with Gasteiger partial charge in [-0.1, -0.05) is 67.7 Å². The summed E-state index contributed by atoms with van der Waals surface area (Å²) in [5.74, 6) is -0.0370. The van der Waals surface area contributed by atoms with Crippen molar-refractivity contribution in [3.8, 4) is 0 Å². The molecule has 2 rings (SSSR count). The predicted octanol–water partition coefficient (Wildman–Crippen LogP) is 5.97. The molecule has 1 saturated heterocycles. The van der Waals surface area contributed by atoms with Crippen molar-refractivity contribution in [3.05, 3.63) is 83.5 Å². The highest BCUT2D eigenvalue weighted by atomic mass is 16.6. The van der Waals surface area contributed by atoms with Crippen LogP contribution in [0.1, 0.15) is 77.4 Å². The van der Waals surface area contributed by atoms with Gasteiger partial charge in [-0.25, -0.2) is 4.79 Å². The first-order valence-corrected chi connectivity index (χ1v) is 13.0. The minimum Gasteiger partial charge on any atom is -0.463 e. The number of nitrogens with zero attached hydrogens (tertiary/aromatic N) is 2. The first-order chi connectivity index (χ1) is 17.6. The third-order valence-corrected chi connectivity index (χ3v) is 5.59. The van der Waals surface area contributed by atoms with Crippen molar-refractivity contribution in [2.45, 2.75) is 83.5 Å². The highest BCUT2D eigenvalue weighted by Gasteiger charge is 2.28. The first-order valence-electron chi connectivity index (χ1n) is 13.0. The van der Waals surface area contributed by atoms with Crippen molar-refractivity contribution in [2.75, 3.05) is 12.3 Å². The lowest BCUT2D eigenvalue weighted by Crippen LogP contribution is -2.28. The molecule has 0 aliphatic carbocycles. The van der Waals surface area contributed by atoms with Gasteiger partial charge in [0.1, 0.15) is 18.7 Å². The summed E-state index contributed by atoms with van der Waals surface area (Å²) in [6.07, 6.45) is 31.0. The fourth-order valence-corrected chi connectivity index (χ4v) is 3.65. The van der Waals surface area contributed by atoms with Gasteiger partial charge in [0, 0.05) is 12.6 Å². The second kappa shape index (κ2) is 18.1. The van der Waals surface area contributed by atoms with Gasteiger partial charge in [0.25, 0.3) is 0 Å². The van der Waals surface area contributed by atoms with E-state index in [9.17, 15) is 9.59 Å². The van der Waals surface area contributed by atoms with Crippen LogP contribution in [-0.4, -0.2) is 28.2 Å². The van der Waals surface area contributed by atoms with Gasteiger partial charge in [0.15, 0.2) is 0 Å². The van der Waals surface area contributed by atoms with Crippen LogP contribution in [0.3, 0.4) is 0 Å². The van der Waals surface area contributed by atoms with Crippen LogP contribution in [0.25, 0.3) is 0 Å². The quantitative estimate of drug-likeness (QED) is 0.172. The Balaban J connectivity index is 1.47. The number of carbonyl (C=O) groups excluding carboxylic acids is 1. The molecule has 1 aliphatic rings. The van der Waals surface area contributed by atoms with Gasteiger partial charge in [-0.2, -0.15) is 4.98 Å². The van der Waals surface area contributed by atoms with Gasteiger partial charge in [-0.05, 0) is 63.9 Å². The number of anilines is 1. The number of nitrogens with two attached hydrogens (primary N) is 1. The molecule has 0 spiro atoms. The van der Waals surface area contributed by atoms with Crippen molar-refractivity contribution in [1.29, 1.82) is 0 Å². The summed E-state index contributed by atoms with van der Waals surface area (Å²) in [6, 6.07) is 1.56. The topological polar surface area (TPSA) is 96.4 Å². The zero-order valence-electron chi connectivity index (χ0n) is 21.5. The summed E-state index contributed by atoms with van der Waals surface area (Å²) in [5, 5.41) is 0. The highest BCUT2D eigenvalue weighted by Crippen LogP contribution is 2.27. The Hall–Kier alpha value is -3.19. The number of allylic oxidation sites excluding steroid dienone is 10. The molecular weight excluding hydrogens is 454 g/mol. The lowest BCUT2D eigenvalue weighted by atomic mass is 10.2. The molecule has 7 nitrogen and oxygen atoms in total. The molecule has 1 fully saturated rings. The SMILES string of the molecule is CC/C=C\C/C=C\C/C=C\C/C=C\C/C=C\CCCC(=O)OCC1CCC(n2ccc(N)nc2=O)O1. The molecule has 0 saturated carbocycles. The van der Waals surface area contributed by atoms with Gasteiger partial charge in [0.2, 0.25) is 0 Å². The van der Waals surface area contributed by atoms with Crippen LogP contribution in [0.15, 0.2) is 77.8 Å². The van der Waals surface area contributed by atoms with Crippen LogP contribution < -0.4 is 11.4 Å². The number of nitrogen functional groups attached to an aromatic ring is 1. The van der Waals surface area contributed by atoms with E-state index in [0.717, 1.165) is 51.4 Å². The molecule has 0 radical (unpaired) electrons. The standard InChI is InChI=1S/C29H41N3O4/c1-2-3-4-5-6-7-8-9-10-11-12-13-14-15-16-17-18-19-28(33)35-24-25-20-21-27(36-25)32-23-22-26(30)31-29(32)34/h3-4,6-7,9-10,12-13,15-16,22-23,25,27H,2,5,8,11,14,17-21,24H2,1H3,(H2,30,31,34)/b4-3-,7-6-,10-9-,13-12-,16-15-.